The molecule has 3 rings (SSSR count). The van der Waals surface area contributed by atoms with Gasteiger partial charge >= 0.3 is 0 Å². The second kappa shape index (κ2) is 13.0. The summed E-state index contributed by atoms with van der Waals surface area (Å²) in [5, 5.41) is 17.8. The third kappa shape index (κ3) is 7.63. The number of hydrogen-bond acceptors (Lipinski definition) is 6. The zero-order chi connectivity index (χ0) is 27.9. The molecule has 2 aliphatic rings. The lowest BCUT2D eigenvalue weighted by atomic mass is 9.98. The Balaban J connectivity index is 1.78. The Labute approximate surface area is 223 Å². The van der Waals surface area contributed by atoms with Crippen LogP contribution in [0.5, 0.6) is 0 Å². The standard InChI is InChI=1S/C28H40N4O6/c1-18(33)23(34)15-9-5-8-13-20-24(35)31-28(2,3)27(38)30-21(17-19-11-6-4-7-12-19)26(37)32-16-10-14-22(32)25(36)29-20/h4,6-7,11-12,18,20-22,33H,5,8-10,13-17H2,1-3H3,(H,29,36)(H,30,38)(H,31,35)/t18-,20+,21+,22-/m1/s1. The number of fused-ring (bicyclic) bond motifs is 1. The lowest BCUT2D eigenvalue weighted by Gasteiger charge is -2.34. The van der Waals surface area contributed by atoms with E-state index >= 15 is 0 Å². The second-order valence-corrected chi connectivity index (χ2v) is 10.8. The monoisotopic (exact) mass is 528 g/mol. The molecule has 208 valence electrons. The molecule has 0 aliphatic carbocycles. The number of nitrogens with zero attached hydrogens (tertiary/aromatic N) is 1. The molecular formula is C28H40N4O6. The largest absolute Gasteiger partial charge is 0.386 e. The van der Waals surface area contributed by atoms with Crippen LogP contribution in [0.15, 0.2) is 30.3 Å². The van der Waals surface area contributed by atoms with Crippen LogP contribution >= 0.6 is 0 Å². The van der Waals surface area contributed by atoms with Gasteiger partial charge in [-0.05, 0) is 52.0 Å². The molecule has 4 atom stereocenters. The molecule has 1 aromatic rings. The first kappa shape index (κ1) is 29.3. The topological polar surface area (TPSA) is 145 Å². The Morgan fingerprint density at radius 3 is 2.42 bits per heavy atom. The van der Waals surface area contributed by atoms with Gasteiger partial charge in [0.2, 0.25) is 23.6 Å². The molecule has 38 heavy (non-hydrogen) atoms. The van der Waals surface area contributed by atoms with Crippen LogP contribution in [0, 0.1) is 0 Å². The van der Waals surface area contributed by atoms with Crippen LogP contribution in [-0.4, -0.2) is 75.7 Å². The fraction of sp³-hybridized carbons (Fsp3) is 0.607. The summed E-state index contributed by atoms with van der Waals surface area (Å²) in [7, 11) is 0. The number of amides is 4. The maximum absolute atomic E-state index is 13.6. The number of hydrogen-bond donors (Lipinski definition) is 4. The molecule has 10 nitrogen and oxygen atoms in total. The average Bonchev–Trinajstić information content (AvgIpc) is 3.36. The van der Waals surface area contributed by atoms with Crippen molar-refractivity contribution in [3.63, 3.8) is 0 Å². The van der Waals surface area contributed by atoms with Crippen LogP contribution < -0.4 is 16.0 Å². The van der Waals surface area contributed by atoms with E-state index in [4.69, 9.17) is 0 Å². The molecule has 2 saturated heterocycles. The Bertz CT molecular complexity index is 1030. The fourth-order valence-corrected chi connectivity index (χ4v) is 4.91. The van der Waals surface area contributed by atoms with E-state index < -0.39 is 41.6 Å². The van der Waals surface area contributed by atoms with E-state index in [1.54, 1.807) is 13.8 Å². The van der Waals surface area contributed by atoms with Crippen LogP contribution in [0.1, 0.15) is 71.3 Å². The lowest BCUT2D eigenvalue weighted by Crippen LogP contribution is -2.64. The zero-order valence-corrected chi connectivity index (χ0v) is 22.5. The number of Topliss-reactive ketones (excluding diaryl/α,β-unsaturated/α-hetero) is 1. The van der Waals surface area contributed by atoms with Gasteiger partial charge in [-0.3, -0.25) is 24.0 Å². The molecule has 4 N–H and O–H groups in total. The third-order valence-electron chi connectivity index (χ3n) is 7.24. The van der Waals surface area contributed by atoms with E-state index in [0.29, 0.717) is 45.1 Å². The van der Waals surface area contributed by atoms with E-state index in [2.05, 4.69) is 16.0 Å². The van der Waals surface area contributed by atoms with Crippen molar-refractivity contribution in [1.29, 1.82) is 0 Å². The van der Waals surface area contributed by atoms with Crippen molar-refractivity contribution >= 4 is 29.4 Å². The first-order valence-electron chi connectivity index (χ1n) is 13.5. The predicted molar refractivity (Wildman–Crippen MR) is 141 cm³/mol. The van der Waals surface area contributed by atoms with Crippen molar-refractivity contribution in [3.8, 4) is 0 Å². The lowest BCUT2D eigenvalue weighted by molar-refractivity contribution is -0.144. The van der Waals surface area contributed by atoms with E-state index in [0.717, 1.165) is 5.56 Å². The SMILES string of the molecule is C[C@@H](O)C(=O)CCCCC[C@@H]1NC(=O)[C@H]2CCCN2C(=O)[C@H](Cc2ccccc2)NC(=O)C(C)(C)NC1=O. The minimum absolute atomic E-state index is 0.230. The third-order valence-corrected chi connectivity index (χ3v) is 7.24. The first-order chi connectivity index (χ1) is 18.0. The molecule has 0 bridgehead atoms. The summed E-state index contributed by atoms with van der Waals surface area (Å²) in [6.45, 7) is 4.96. The van der Waals surface area contributed by atoms with Crippen molar-refractivity contribution in [2.24, 2.45) is 0 Å². The minimum Gasteiger partial charge on any atom is -0.386 e. The van der Waals surface area contributed by atoms with Crippen molar-refractivity contribution in [3.05, 3.63) is 35.9 Å². The fourth-order valence-electron chi connectivity index (χ4n) is 4.91. The highest BCUT2D eigenvalue weighted by Gasteiger charge is 2.42. The number of ketones is 1. The summed E-state index contributed by atoms with van der Waals surface area (Å²) < 4.78 is 0. The molecule has 0 aromatic heterocycles. The molecule has 2 aliphatic heterocycles. The quantitative estimate of drug-likeness (QED) is 0.352. The van der Waals surface area contributed by atoms with Gasteiger partial charge in [-0.15, -0.1) is 0 Å². The number of nitrogens with one attached hydrogen (secondary N) is 3. The maximum atomic E-state index is 13.6. The van der Waals surface area contributed by atoms with Gasteiger partial charge < -0.3 is 26.0 Å². The van der Waals surface area contributed by atoms with Gasteiger partial charge in [-0.2, -0.15) is 0 Å². The van der Waals surface area contributed by atoms with E-state index in [-0.39, 0.29) is 30.4 Å². The minimum atomic E-state index is -1.33. The number of rotatable bonds is 9. The van der Waals surface area contributed by atoms with Crippen molar-refractivity contribution in [1.82, 2.24) is 20.9 Å². The molecule has 10 heteroatoms. The first-order valence-corrected chi connectivity index (χ1v) is 13.5. The van der Waals surface area contributed by atoms with Gasteiger partial charge in [0.15, 0.2) is 5.78 Å². The number of carbonyl (C=O) groups excluding carboxylic acids is 5. The van der Waals surface area contributed by atoms with E-state index in [1.165, 1.54) is 11.8 Å². The molecule has 0 radical (unpaired) electrons. The highest BCUT2D eigenvalue weighted by Crippen LogP contribution is 2.21. The van der Waals surface area contributed by atoms with Crippen LogP contribution in [-0.2, 0) is 30.4 Å². The van der Waals surface area contributed by atoms with Crippen LogP contribution in [0.4, 0.5) is 0 Å². The number of unbranched alkanes of at least 4 members (excludes halogenated alkanes) is 2. The molecule has 4 amide bonds. The normalized spacial score (nSPS) is 24.8. The van der Waals surface area contributed by atoms with Gasteiger partial charge in [0.1, 0.15) is 29.8 Å². The molecule has 0 saturated carbocycles. The number of aliphatic hydroxyl groups excluding tert-OH is 1. The van der Waals surface area contributed by atoms with Crippen LogP contribution in [0.3, 0.4) is 0 Å². The van der Waals surface area contributed by atoms with Gasteiger partial charge in [-0.1, -0.05) is 43.2 Å². The second-order valence-electron chi connectivity index (χ2n) is 10.8. The summed E-state index contributed by atoms with van der Waals surface area (Å²) in [6, 6.07) is 6.85. The Morgan fingerprint density at radius 2 is 1.74 bits per heavy atom. The van der Waals surface area contributed by atoms with E-state index in [1.807, 2.05) is 30.3 Å². The van der Waals surface area contributed by atoms with Gasteiger partial charge in [0, 0.05) is 19.4 Å². The Morgan fingerprint density at radius 1 is 1.03 bits per heavy atom. The number of carbonyl (C=O) groups is 5. The van der Waals surface area contributed by atoms with Crippen molar-refractivity contribution in [2.75, 3.05) is 6.54 Å². The smallest absolute Gasteiger partial charge is 0.246 e. The van der Waals surface area contributed by atoms with E-state index in [9.17, 15) is 29.1 Å². The maximum Gasteiger partial charge on any atom is 0.246 e. The zero-order valence-electron chi connectivity index (χ0n) is 22.5. The Hall–Kier alpha value is -3.27. The molecular weight excluding hydrogens is 488 g/mol. The van der Waals surface area contributed by atoms with Crippen LogP contribution in [0.25, 0.3) is 0 Å². The summed E-state index contributed by atoms with van der Waals surface area (Å²) >= 11 is 0. The number of benzene rings is 1. The summed E-state index contributed by atoms with van der Waals surface area (Å²) in [4.78, 5) is 66.7. The molecule has 0 spiro atoms. The Kier molecular flexibility index (Phi) is 10.0. The summed E-state index contributed by atoms with van der Waals surface area (Å²) in [5.74, 6) is -1.90. The summed E-state index contributed by atoms with van der Waals surface area (Å²) in [5.41, 5.74) is -0.460. The van der Waals surface area contributed by atoms with Gasteiger partial charge in [0.25, 0.3) is 0 Å². The highest BCUT2D eigenvalue weighted by atomic mass is 16.3. The van der Waals surface area contributed by atoms with Gasteiger partial charge in [-0.25, -0.2) is 0 Å². The molecule has 1 aromatic carbocycles. The molecule has 2 heterocycles. The number of aliphatic hydroxyl groups is 1. The molecule has 0 unspecified atom stereocenters. The van der Waals surface area contributed by atoms with Crippen molar-refractivity contribution in [2.45, 2.75) is 102 Å². The van der Waals surface area contributed by atoms with Crippen LogP contribution in [0.2, 0.25) is 0 Å². The highest BCUT2D eigenvalue weighted by molar-refractivity contribution is 5.99. The predicted octanol–water partition coefficient (Wildman–Crippen LogP) is 0.999. The summed E-state index contributed by atoms with van der Waals surface area (Å²) in [6.07, 6.45) is 2.72. The van der Waals surface area contributed by atoms with Crippen molar-refractivity contribution < 1.29 is 29.1 Å². The average molecular weight is 529 g/mol. The van der Waals surface area contributed by atoms with Gasteiger partial charge in [0.05, 0.1) is 0 Å². The molecule has 2 fully saturated rings.